The number of halogens is 2. The van der Waals surface area contributed by atoms with E-state index in [1.807, 2.05) is 47.4 Å². The molecule has 0 aliphatic carbocycles. The van der Waals surface area contributed by atoms with Gasteiger partial charge in [-0.2, -0.15) is 0 Å². The van der Waals surface area contributed by atoms with Crippen LogP contribution in [0.25, 0.3) is 10.9 Å². The third-order valence-electron chi connectivity index (χ3n) is 6.99. The molecular formula is C29H29ClFN3O. The molecule has 0 saturated carbocycles. The molecule has 4 nitrogen and oxygen atoms in total. The van der Waals surface area contributed by atoms with E-state index in [0.717, 1.165) is 52.4 Å². The SMILES string of the molecule is CCn1cc([C@@H](CC(=O)N2CCN(c3cccc(Cl)c3)CC2)c2ccc(F)cc2)c2ccccc21. The summed E-state index contributed by atoms with van der Waals surface area (Å²) in [4.78, 5) is 17.8. The highest BCUT2D eigenvalue weighted by Gasteiger charge is 2.27. The van der Waals surface area contributed by atoms with Crippen molar-refractivity contribution in [1.82, 2.24) is 9.47 Å². The fourth-order valence-electron chi connectivity index (χ4n) is 5.11. The molecule has 1 atom stereocenters. The number of fused-ring (bicyclic) bond motifs is 1. The van der Waals surface area contributed by atoms with E-state index < -0.39 is 0 Å². The van der Waals surface area contributed by atoms with Crippen molar-refractivity contribution in [1.29, 1.82) is 0 Å². The number of aryl methyl sites for hydroxylation is 1. The number of rotatable bonds is 6. The molecule has 2 heterocycles. The largest absolute Gasteiger partial charge is 0.368 e. The quantitative estimate of drug-likeness (QED) is 0.317. The lowest BCUT2D eigenvalue weighted by molar-refractivity contribution is -0.131. The fourth-order valence-corrected chi connectivity index (χ4v) is 5.29. The van der Waals surface area contributed by atoms with E-state index in [2.05, 4.69) is 40.8 Å². The van der Waals surface area contributed by atoms with Gasteiger partial charge in [-0.05, 0) is 54.4 Å². The Balaban J connectivity index is 1.39. The molecule has 4 aromatic rings. The predicted octanol–water partition coefficient (Wildman–Crippen LogP) is 6.32. The molecule has 6 heteroatoms. The number of piperazine rings is 1. The predicted molar refractivity (Wildman–Crippen MR) is 141 cm³/mol. The maximum Gasteiger partial charge on any atom is 0.223 e. The number of benzene rings is 3. The molecule has 0 spiro atoms. The van der Waals surface area contributed by atoms with Crippen LogP contribution < -0.4 is 4.90 Å². The second kappa shape index (κ2) is 10.1. The van der Waals surface area contributed by atoms with Gasteiger partial charge < -0.3 is 14.4 Å². The fraction of sp³-hybridized carbons (Fsp3) is 0.276. The van der Waals surface area contributed by atoms with Crippen molar-refractivity contribution < 1.29 is 9.18 Å². The van der Waals surface area contributed by atoms with Crippen LogP contribution in [-0.4, -0.2) is 41.6 Å². The minimum absolute atomic E-state index is 0.124. The van der Waals surface area contributed by atoms with E-state index >= 15 is 0 Å². The summed E-state index contributed by atoms with van der Waals surface area (Å²) in [5.41, 5.74) is 4.30. The number of aromatic nitrogens is 1. The molecular weight excluding hydrogens is 461 g/mol. The highest BCUT2D eigenvalue weighted by molar-refractivity contribution is 6.30. The van der Waals surface area contributed by atoms with Gasteiger partial charge in [-0.3, -0.25) is 4.79 Å². The van der Waals surface area contributed by atoms with Crippen LogP contribution in [0.15, 0.2) is 79.0 Å². The maximum atomic E-state index is 13.7. The smallest absolute Gasteiger partial charge is 0.223 e. The number of hydrogen-bond donors (Lipinski definition) is 0. The minimum atomic E-state index is -0.271. The second-order valence-electron chi connectivity index (χ2n) is 9.04. The van der Waals surface area contributed by atoms with Gasteiger partial charge in [-0.25, -0.2) is 4.39 Å². The molecule has 1 amide bonds. The number of anilines is 1. The normalized spacial score (nSPS) is 14.9. The molecule has 0 radical (unpaired) electrons. The zero-order valence-corrected chi connectivity index (χ0v) is 20.6. The van der Waals surface area contributed by atoms with Crippen molar-refractivity contribution in [3.05, 3.63) is 101 Å². The van der Waals surface area contributed by atoms with Crippen LogP contribution in [0.4, 0.5) is 10.1 Å². The summed E-state index contributed by atoms with van der Waals surface area (Å²) in [6.07, 6.45) is 2.50. The van der Waals surface area contributed by atoms with Gasteiger partial charge in [0.2, 0.25) is 5.91 Å². The molecule has 5 rings (SSSR count). The average molecular weight is 490 g/mol. The number of nitrogens with zero attached hydrogens (tertiary/aromatic N) is 3. The van der Waals surface area contributed by atoms with Crippen LogP contribution in [0, 0.1) is 5.82 Å². The van der Waals surface area contributed by atoms with Gasteiger partial charge in [0.05, 0.1) is 0 Å². The van der Waals surface area contributed by atoms with Crippen LogP contribution in [0.2, 0.25) is 5.02 Å². The Morgan fingerprint density at radius 2 is 1.71 bits per heavy atom. The van der Waals surface area contributed by atoms with Crippen LogP contribution in [0.3, 0.4) is 0 Å². The van der Waals surface area contributed by atoms with E-state index in [-0.39, 0.29) is 17.6 Å². The third-order valence-corrected chi connectivity index (χ3v) is 7.23. The highest BCUT2D eigenvalue weighted by atomic mass is 35.5. The first-order valence-electron chi connectivity index (χ1n) is 12.1. The monoisotopic (exact) mass is 489 g/mol. The van der Waals surface area contributed by atoms with Gasteiger partial charge in [0.25, 0.3) is 0 Å². The van der Waals surface area contributed by atoms with Crippen LogP contribution in [0.1, 0.15) is 30.4 Å². The molecule has 3 aromatic carbocycles. The first-order valence-corrected chi connectivity index (χ1v) is 12.5. The summed E-state index contributed by atoms with van der Waals surface area (Å²) in [5, 5.41) is 1.86. The summed E-state index contributed by atoms with van der Waals surface area (Å²) in [6.45, 7) is 5.82. The van der Waals surface area contributed by atoms with Gasteiger partial charge in [0, 0.05) is 72.9 Å². The highest BCUT2D eigenvalue weighted by Crippen LogP contribution is 2.35. The van der Waals surface area contributed by atoms with E-state index in [1.54, 1.807) is 0 Å². The van der Waals surface area contributed by atoms with Crippen molar-refractivity contribution in [3.63, 3.8) is 0 Å². The zero-order chi connectivity index (χ0) is 24.4. The first kappa shape index (κ1) is 23.4. The lowest BCUT2D eigenvalue weighted by Crippen LogP contribution is -2.49. The van der Waals surface area contributed by atoms with Gasteiger partial charge in [0.1, 0.15) is 5.82 Å². The molecule has 1 aliphatic heterocycles. The summed E-state index contributed by atoms with van der Waals surface area (Å²) in [5.74, 6) is -0.294. The summed E-state index contributed by atoms with van der Waals surface area (Å²) >= 11 is 6.16. The zero-order valence-electron chi connectivity index (χ0n) is 19.8. The Morgan fingerprint density at radius 3 is 2.43 bits per heavy atom. The van der Waals surface area contributed by atoms with Crippen molar-refractivity contribution >= 4 is 34.1 Å². The lowest BCUT2D eigenvalue weighted by atomic mass is 9.87. The molecule has 1 fully saturated rings. The van der Waals surface area contributed by atoms with Crippen LogP contribution >= 0.6 is 11.6 Å². The Bertz CT molecular complexity index is 1330. The van der Waals surface area contributed by atoms with E-state index in [9.17, 15) is 9.18 Å². The Hall–Kier alpha value is -3.31. The van der Waals surface area contributed by atoms with Crippen LogP contribution in [-0.2, 0) is 11.3 Å². The van der Waals surface area contributed by atoms with Gasteiger partial charge in [-0.15, -0.1) is 0 Å². The van der Waals surface area contributed by atoms with Gasteiger partial charge >= 0.3 is 0 Å². The minimum Gasteiger partial charge on any atom is -0.368 e. The number of hydrogen-bond acceptors (Lipinski definition) is 2. The number of para-hydroxylation sites is 1. The Kier molecular flexibility index (Phi) is 6.78. The number of carbonyl (C=O) groups excluding carboxylic acids is 1. The molecule has 35 heavy (non-hydrogen) atoms. The molecule has 0 unspecified atom stereocenters. The van der Waals surface area contributed by atoms with Crippen molar-refractivity contribution in [2.45, 2.75) is 25.8 Å². The van der Waals surface area contributed by atoms with Crippen molar-refractivity contribution in [2.24, 2.45) is 0 Å². The summed E-state index contributed by atoms with van der Waals surface area (Å²) in [6, 6.07) is 22.7. The topological polar surface area (TPSA) is 28.5 Å². The van der Waals surface area contributed by atoms with E-state index in [0.29, 0.717) is 19.5 Å². The Morgan fingerprint density at radius 1 is 0.971 bits per heavy atom. The molecule has 1 aliphatic rings. The molecule has 1 aromatic heterocycles. The standard InChI is InChI=1S/C29H29ClFN3O/c1-2-32-20-27(25-8-3-4-9-28(25)32)26(21-10-12-23(31)13-11-21)19-29(35)34-16-14-33(15-17-34)24-7-5-6-22(30)18-24/h3-13,18,20,26H,2,14-17,19H2,1H3/t26-/m0/s1. The third kappa shape index (κ3) is 4.92. The average Bonchev–Trinajstić information content (AvgIpc) is 3.26. The van der Waals surface area contributed by atoms with E-state index in [1.165, 1.54) is 12.1 Å². The van der Waals surface area contributed by atoms with Gasteiger partial charge in [0.15, 0.2) is 0 Å². The second-order valence-corrected chi connectivity index (χ2v) is 9.48. The molecule has 1 saturated heterocycles. The molecule has 0 bridgehead atoms. The number of carbonyl (C=O) groups is 1. The first-order chi connectivity index (χ1) is 17.0. The maximum absolute atomic E-state index is 13.7. The van der Waals surface area contributed by atoms with Gasteiger partial charge in [-0.1, -0.05) is 48.0 Å². The Labute approximate surface area is 210 Å². The van der Waals surface area contributed by atoms with E-state index in [4.69, 9.17) is 11.6 Å². The molecule has 180 valence electrons. The number of amides is 1. The molecule has 0 N–H and O–H groups in total. The summed E-state index contributed by atoms with van der Waals surface area (Å²) < 4.78 is 15.9. The lowest BCUT2D eigenvalue weighted by Gasteiger charge is -2.36. The summed E-state index contributed by atoms with van der Waals surface area (Å²) in [7, 11) is 0. The van der Waals surface area contributed by atoms with Crippen molar-refractivity contribution in [2.75, 3.05) is 31.1 Å². The van der Waals surface area contributed by atoms with Crippen LogP contribution in [0.5, 0.6) is 0 Å². The van der Waals surface area contributed by atoms with Crippen molar-refractivity contribution in [3.8, 4) is 0 Å².